The van der Waals surface area contributed by atoms with Gasteiger partial charge in [0.2, 0.25) is 0 Å². The molecular weight excluding hydrogens is 228 g/mol. The number of hydrogen-bond acceptors (Lipinski definition) is 2. The highest BCUT2D eigenvalue weighted by Crippen LogP contribution is 2.28. The first-order valence-corrected chi connectivity index (χ1v) is 6.62. The van der Waals surface area contributed by atoms with Gasteiger partial charge in [-0.25, -0.2) is 4.79 Å². The van der Waals surface area contributed by atoms with Gasteiger partial charge < -0.3 is 10.2 Å². The smallest absolute Gasteiger partial charge is 0.340 e. The van der Waals surface area contributed by atoms with Gasteiger partial charge in [-0.2, -0.15) is 0 Å². The maximum absolute atomic E-state index is 11.3. The van der Waals surface area contributed by atoms with Gasteiger partial charge in [-0.3, -0.25) is 0 Å². The Hall–Kier alpha value is -1.35. The largest absolute Gasteiger partial charge is 0.479 e. The van der Waals surface area contributed by atoms with Crippen molar-refractivity contribution in [1.29, 1.82) is 0 Å². The van der Waals surface area contributed by atoms with E-state index in [0.29, 0.717) is 5.56 Å². The van der Waals surface area contributed by atoms with Gasteiger partial charge in [0.05, 0.1) is 0 Å². The molecule has 1 aromatic rings. The third-order valence-electron chi connectivity index (χ3n) is 3.25. The molecule has 0 unspecified atom stereocenters. The van der Waals surface area contributed by atoms with E-state index < -0.39 is 11.6 Å². The minimum atomic E-state index is -1.74. The molecular formula is C15H22O3. The summed E-state index contributed by atoms with van der Waals surface area (Å²) in [6, 6.07) is 8.65. The van der Waals surface area contributed by atoms with Crippen LogP contribution in [0.3, 0.4) is 0 Å². The number of aliphatic carboxylic acids is 1. The number of aliphatic hydroxyl groups is 1. The Kier molecular flexibility index (Phi) is 5.86. The monoisotopic (exact) mass is 250 g/mol. The molecule has 100 valence electrons. The van der Waals surface area contributed by atoms with Gasteiger partial charge in [-0.15, -0.1) is 0 Å². The van der Waals surface area contributed by atoms with Crippen molar-refractivity contribution in [2.75, 3.05) is 0 Å². The van der Waals surface area contributed by atoms with Crippen molar-refractivity contribution >= 4 is 5.97 Å². The lowest BCUT2D eigenvalue weighted by Crippen LogP contribution is -2.35. The maximum atomic E-state index is 11.3. The summed E-state index contributed by atoms with van der Waals surface area (Å²) in [7, 11) is 0. The highest BCUT2D eigenvalue weighted by molar-refractivity contribution is 5.79. The summed E-state index contributed by atoms with van der Waals surface area (Å²) >= 11 is 0. The van der Waals surface area contributed by atoms with Crippen LogP contribution in [0.1, 0.15) is 51.0 Å². The fraction of sp³-hybridized carbons (Fsp3) is 0.533. The zero-order chi connectivity index (χ0) is 13.4. The average molecular weight is 250 g/mol. The second-order valence-electron chi connectivity index (χ2n) is 4.70. The molecule has 0 amide bonds. The van der Waals surface area contributed by atoms with Crippen LogP contribution in [0.15, 0.2) is 30.3 Å². The molecule has 18 heavy (non-hydrogen) atoms. The van der Waals surface area contributed by atoms with E-state index in [4.69, 9.17) is 0 Å². The Morgan fingerprint density at radius 1 is 1.11 bits per heavy atom. The topological polar surface area (TPSA) is 57.5 Å². The van der Waals surface area contributed by atoms with Gasteiger partial charge in [-0.1, -0.05) is 62.9 Å². The highest BCUT2D eigenvalue weighted by atomic mass is 16.4. The number of carboxylic acids is 1. The summed E-state index contributed by atoms with van der Waals surface area (Å²) in [6.45, 7) is 2.14. The van der Waals surface area contributed by atoms with Gasteiger partial charge in [0.15, 0.2) is 5.60 Å². The fourth-order valence-electron chi connectivity index (χ4n) is 2.07. The molecule has 3 heteroatoms. The lowest BCUT2D eigenvalue weighted by molar-refractivity contribution is -0.160. The Morgan fingerprint density at radius 2 is 1.72 bits per heavy atom. The third-order valence-corrected chi connectivity index (χ3v) is 3.25. The van der Waals surface area contributed by atoms with Gasteiger partial charge in [0.1, 0.15) is 0 Å². The second kappa shape index (κ2) is 7.17. The molecule has 0 aromatic heterocycles. The van der Waals surface area contributed by atoms with Crippen molar-refractivity contribution in [3.63, 3.8) is 0 Å². The van der Waals surface area contributed by atoms with Crippen LogP contribution in [0.2, 0.25) is 0 Å². The maximum Gasteiger partial charge on any atom is 0.340 e. The van der Waals surface area contributed by atoms with Crippen LogP contribution in [0, 0.1) is 0 Å². The summed E-state index contributed by atoms with van der Waals surface area (Å²) in [6.07, 6.45) is 5.39. The molecule has 1 rings (SSSR count). The Balaban J connectivity index is 2.62. The fourth-order valence-corrected chi connectivity index (χ4v) is 2.07. The van der Waals surface area contributed by atoms with E-state index >= 15 is 0 Å². The van der Waals surface area contributed by atoms with Crippen molar-refractivity contribution in [2.24, 2.45) is 0 Å². The number of unbranched alkanes of at least 4 members (excludes halogenated alkanes) is 4. The van der Waals surface area contributed by atoms with E-state index in [1.54, 1.807) is 24.3 Å². The van der Waals surface area contributed by atoms with E-state index in [-0.39, 0.29) is 6.42 Å². The average Bonchev–Trinajstić information content (AvgIpc) is 2.39. The molecule has 1 atom stereocenters. The summed E-state index contributed by atoms with van der Waals surface area (Å²) in [5.74, 6) is -1.16. The summed E-state index contributed by atoms with van der Waals surface area (Å²) < 4.78 is 0. The molecule has 2 N–H and O–H groups in total. The minimum Gasteiger partial charge on any atom is -0.479 e. The van der Waals surface area contributed by atoms with Gasteiger partial charge in [-0.05, 0) is 18.4 Å². The van der Waals surface area contributed by atoms with Crippen molar-refractivity contribution in [2.45, 2.75) is 51.0 Å². The summed E-state index contributed by atoms with van der Waals surface area (Å²) in [5.41, 5.74) is -1.28. The molecule has 0 bridgehead atoms. The number of carbonyl (C=O) groups is 1. The normalized spacial score (nSPS) is 14.1. The number of rotatable bonds is 8. The summed E-state index contributed by atoms with van der Waals surface area (Å²) in [4.78, 5) is 11.3. The number of benzene rings is 1. The van der Waals surface area contributed by atoms with E-state index in [9.17, 15) is 15.0 Å². The molecule has 0 radical (unpaired) electrons. The lowest BCUT2D eigenvalue weighted by atomic mass is 9.88. The molecule has 1 aromatic carbocycles. The molecule has 0 aliphatic carbocycles. The molecule has 0 aliphatic heterocycles. The molecule has 0 aliphatic rings. The van der Waals surface area contributed by atoms with E-state index in [1.807, 2.05) is 6.07 Å². The van der Waals surface area contributed by atoms with Gasteiger partial charge in [0.25, 0.3) is 0 Å². The summed E-state index contributed by atoms with van der Waals surface area (Å²) in [5, 5.41) is 19.6. The second-order valence-corrected chi connectivity index (χ2v) is 4.70. The van der Waals surface area contributed by atoms with Crippen LogP contribution < -0.4 is 0 Å². The number of carboxylic acid groups (broad SMARTS) is 1. The molecule has 0 saturated carbocycles. The number of hydrogen-bond donors (Lipinski definition) is 2. The first-order valence-electron chi connectivity index (χ1n) is 6.62. The standard InChI is InChI=1S/C15H22O3/c1-2-3-4-5-9-12-15(18,14(16)17)13-10-7-6-8-11-13/h6-8,10-11,18H,2-5,9,12H2,1H3,(H,16,17)/t15-/m0/s1. The highest BCUT2D eigenvalue weighted by Gasteiger charge is 2.36. The predicted octanol–water partition coefficient (Wildman–Crippen LogP) is 3.32. The predicted molar refractivity (Wildman–Crippen MR) is 71.4 cm³/mol. The van der Waals surface area contributed by atoms with Crippen LogP contribution in [-0.2, 0) is 10.4 Å². The van der Waals surface area contributed by atoms with E-state index in [0.717, 1.165) is 32.1 Å². The van der Waals surface area contributed by atoms with Crippen LogP contribution in [0.4, 0.5) is 0 Å². The van der Waals surface area contributed by atoms with Crippen LogP contribution in [-0.4, -0.2) is 16.2 Å². The Labute approximate surface area is 108 Å². The lowest BCUT2D eigenvalue weighted by Gasteiger charge is -2.23. The van der Waals surface area contributed by atoms with Gasteiger partial charge in [0, 0.05) is 0 Å². The van der Waals surface area contributed by atoms with Crippen LogP contribution >= 0.6 is 0 Å². The molecule has 3 nitrogen and oxygen atoms in total. The van der Waals surface area contributed by atoms with E-state index in [2.05, 4.69) is 6.92 Å². The van der Waals surface area contributed by atoms with Gasteiger partial charge >= 0.3 is 5.97 Å². The Bertz CT molecular complexity index is 361. The van der Waals surface area contributed by atoms with Crippen molar-refractivity contribution in [3.05, 3.63) is 35.9 Å². The minimum absolute atomic E-state index is 0.274. The quantitative estimate of drug-likeness (QED) is 0.696. The first kappa shape index (κ1) is 14.7. The van der Waals surface area contributed by atoms with Crippen molar-refractivity contribution in [3.8, 4) is 0 Å². The molecule has 0 heterocycles. The molecule has 0 fully saturated rings. The van der Waals surface area contributed by atoms with E-state index in [1.165, 1.54) is 0 Å². The Morgan fingerprint density at radius 3 is 2.28 bits per heavy atom. The van der Waals surface area contributed by atoms with Crippen molar-refractivity contribution < 1.29 is 15.0 Å². The SMILES string of the molecule is CCCCCCC[C@@](O)(C(=O)O)c1ccccc1. The van der Waals surface area contributed by atoms with Crippen LogP contribution in [0.25, 0.3) is 0 Å². The third kappa shape index (κ3) is 3.84. The zero-order valence-corrected chi connectivity index (χ0v) is 10.9. The zero-order valence-electron chi connectivity index (χ0n) is 10.9. The first-order chi connectivity index (χ1) is 8.61. The molecule has 0 spiro atoms. The van der Waals surface area contributed by atoms with Crippen LogP contribution in [0.5, 0.6) is 0 Å². The van der Waals surface area contributed by atoms with Crippen molar-refractivity contribution in [1.82, 2.24) is 0 Å². The molecule has 0 saturated heterocycles.